The van der Waals surface area contributed by atoms with Crippen molar-refractivity contribution in [3.8, 4) is 0 Å². The molecule has 0 aliphatic rings. The van der Waals surface area contributed by atoms with Crippen LogP contribution in [0.5, 0.6) is 0 Å². The molecule has 0 fully saturated rings. The predicted octanol–water partition coefficient (Wildman–Crippen LogP) is 1.73. The minimum atomic E-state index is -0.909. The van der Waals surface area contributed by atoms with Gasteiger partial charge in [-0.2, -0.15) is 0 Å². The van der Waals surface area contributed by atoms with Crippen molar-refractivity contribution in [1.29, 1.82) is 0 Å². The average molecular weight is 218 g/mol. The van der Waals surface area contributed by atoms with E-state index in [1.165, 1.54) is 0 Å². The highest BCUT2D eigenvalue weighted by Gasteiger charge is 2.05. The first kappa shape index (κ1) is 10.4. The van der Waals surface area contributed by atoms with Gasteiger partial charge in [0.25, 0.3) is 0 Å². The fraction of sp³-hybridized carbons (Fsp3) is 0.167. The van der Waals surface area contributed by atoms with Crippen molar-refractivity contribution >= 4 is 16.9 Å². The Hall–Kier alpha value is -2.10. The SMILES string of the molecule is Cc1cc2ccc(CC(=O)O)cc2oc1=O. The van der Waals surface area contributed by atoms with E-state index in [1.807, 2.05) is 0 Å². The molecule has 2 aromatic rings. The van der Waals surface area contributed by atoms with E-state index in [9.17, 15) is 9.59 Å². The molecule has 1 aromatic carbocycles. The van der Waals surface area contributed by atoms with E-state index in [0.29, 0.717) is 16.7 Å². The van der Waals surface area contributed by atoms with Crippen LogP contribution in [0.25, 0.3) is 11.0 Å². The summed E-state index contributed by atoms with van der Waals surface area (Å²) in [6.45, 7) is 1.68. The number of carbonyl (C=O) groups is 1. The molecule has 0 saturated heterocycles. The summed E-state index contributed by atoms with van der Waals surface area (Å²) in [4.78, 5) is 21.8. The van der Waals surface area contributed by atoms with Crippen molar-refractivity contribution in [3.63, 3.8) is 0 Å². The maximum Gasteiger partial charge on any atom is 0.339 e. The van der Waals surface area contributed by atoms with Crippen molar-refractivity contribution in [2.24, 2.45) is 0 Å². The van der Waals surface area contributed by atoms with Gasteiger partial charge >= 0.3 is 11.6 Å². The molecule has 0 aliphatic carbocycles. The van der Waals surface area contributed by atoms with E-state index >= 15 is 0 Å². The Morgan fingerprint density at radius 2 is 2.12 bits per heavy atom. The van der Waals surface area contributed by atoms with Crippen molar-refractivity contribution in [2.75, 3.05) is 0 Å². The van der Waals surface area contributed by atoms with Gasteiger partial charge in [-0.1, -0.05) is 12.1 Å². The minimum Gasteiger partial charge on any atom is -0.481 e. The monoisotopic (exact) mass is 218 g/mol. The molecule has 0 bridgehead atoms. The third-order valence-electron chi connectivity index (χ3n) is 2.33. The summed E-state index contributed by atoms with van der Waals surface area (Å²) >= 11 is 0. The molecule has 82 valence electrons. The number of carboxylic acids is 1. The fourth-order valence-corrected chi connectivity index (χ4v) is 1.54. The van der Waals surface area contributed by atoms with Crippen LogP contribution in [0.15, 0.2) is 33.5 Å². The van der Waals surface area contributed by atoms with Crippen molar-refractivity contribution in [2.45, 2.75) is 13.3 Å². The smallest absolute Gasteiger partial charge is 0.339 e. The number of aryl methyl sites for hydroxylation is 1. The molecule has 0 radical (unpaired) electrons. The Bertz CT molecular complexity index is 610. The average Bonchev–Trinajstić information content (AvgIpc) is 2.19. The first-order chi connectivity index (χ1) is 7.56. The van der Waals surface area contributed by atoms with Crippen LogP contribution >= 0.6 is 0 Å². The lowest BCUT2D eigenvalue weighted by molar-refractivity contribution is -0.136. The molecule has 0 unspecified atom stereocenters. The topological polar surface area (TPSA) is 67.5 Å². The van der Waals surface area contributed by atoms with Crippen LogP contribution in [0.3, 0.4) is 0 Å². The summed E-state index contributed by atoms with van der Waals surface area (Å²) in [5.74, 6) is -0.909. The third-order valence-corrected chi connectivity index (χ3v) is 2.33. The fourth-order valence-electron chi connectivity index (χ4n) is 1.54. The molecular weight excluding hydrogens is 208 g/mol. The standard InChI is InChI=1S/C12H10O4/c1-7-4-9-3-2-8(6-11(13)14)5-10(9)16-12(7)15/h2-5H,6H2,1H3,(H,13,14). The summed E-state index contributed by atoms with van der Waals surface area (Å²) in [7, 11) is 0. The predicted molar refractivity (Wildman–Crippen MR) is 58.6 cm³/mol. The van der Waals surface area contributed by atoms with E-state index in [2.05, 4.69) is 0 Å². The van der Waals surface area contributed by atoms with Gasteiger partial charge in [0.15, 0.2) is 0 Å². The van der Waals surface area contributed by atoms with Crippen molar-refractivity contribution < 1.29 is 14.3 Å². The lowest BCUT2D eigenvalue weighted by atomic mass is 10.1. The molecular formula is C12H10O4. The van der Waals surface area contributed by atoms with E-state index < -0.39 is 5.97 Å². The molecule has 4 nitrogen and oxygen atoms in total. The van der Waals surface area contributed by atoms with Crippen LogP contribution in [-0.4, -0.2) is 11.1 Å². The van der Waals surface area contributed by atoms with Gasteiger partial charge in [-0.05, 0) is 24.6 Å². The zero-order valence-electron chi connectivity index (χ0n) is 8.69. The molecule has 1 heterocycles. The van der Waals surface area contributed by atoms with E-state index in [1.54, 1.807) is 31.2 Å². The largest absolute Gasteiger partial charge is 0.481 e. The number of hydrogen-bond acceptors (Lipinski definition) is 3. The molecule has 1 N–H and O–H groups in total. The van der Waals surface area contributed by atoms with Gasteiger partial charge in [0.1, 0.15) is 5.58 Å². The summed E-state index contributed by atoms with van der Waals surface area (Å²) in [5.41, 5.74) is 1.19. The van der Waals surface area contributed by atoms with Gasteiger partial charge in [0.2, 0.25) is 0 Å². The Balaban J connectivity index is 2.57. The Morgan fingerprint density at radius 3 is 2.81 bits per heavy atom. The molecule has 0 spiro atoms. The normalized spacial score (nSPS) is 10.6. The second kappa shape index (κ2) is 3.81. The second-order valence-corrected chi connectivity index (χ2v) is 3.66. The van der Waals surface area contributed by atoms with Gasteiger partial charge in [-0.25, -0.2) is 4.79 Å². The minimum absolute atomic E-state index is 0.0759. The Labute approximate surface area is 91.1 Å². The van der Waals surface area contributed by atoms with Gasteiger partial charge < -0.3 is 9.52 Å². The van der Waals surface area contributed by atoms with Gasteiger partial charge in [-0.3, -0.25) is 4.79 Å². The van der Waals surface area contributed by atoms with Crippen LogP contribution < -0.4 is 5.63 Å². The van der Waals surface area contributed by atoms with Crippen LogP contribution in [0.1, 0.15) is 11.1 Å². The number of carboxylic acid groups (broad SMARTS) is 1. The second-order valence-electron chi connectivity index (χ2n) is 3.66. The Kier molecular flexibility index (Phi) is 2.48. The zero-order chi connectivity index (χ0) is 11.7. The number of hydrogen-bond donors (Lipinski definition) is 1. The summed E-state index contributed by atoms with van der Waals surface area (Å²) in [5, 5.41) is 9.44. The van der Waals surface area contributed by atoms with Gasteiger partial charge in [-0.15, -0.1) is 0 Å². The summed E-state index contributed by atoms with van der Waals surface area (Å²) in [6, 6.07) is 6.79. The first-order valence-corrected chi connectivity index (χ1v) is 4.81. The van der Waals surface area contributed by atoms with E-state index in [0.717, 1.165) is 5.39 Å². The van der Waals surface area contributed by atoms with E-state index in [4.69, 9.17) is 9.52 Å². The van der Waals surface area contributed by atoms with Crippen LogP contribution in [-0.2, 0) is 11.2 Å². The third kappa shape index (κ3) is 1.95. The number of aliphatic carboxylic acids is 1. The Morgan fingerprint density at radius 1 is 1.38 bits per heavy atom. The quantitative estimate of drug-likeness (QED) is 0.779. The molecule has 4 heteroatoms. The summed E-state index contributed by atoms with van der Waals surface area (Å²) in [6.07, 6.45) is -0.0759. The lowest BCUT2D eigenvalue weighted by Gasteiger charge is -2.00. The molecule has 0 aliphatic heterocycles. The lowest BCUT2D eigenvalue weighted by Crippen LogP contribution is -2.03. The number of fused-ring (bicyclic) bond motifs is 1. The highest BCUT2D eigenvalue weighted by atomic mass is 16.4. The number of benzene rings is 1. The highest BCUT2D eigenvalue weighted by Crippen LogP contribution is 2.15. The molecule has 16 heavy (non-hydrogen) atoms. The number of rotatable bonds is 2. The maximum absolute atomic E-state index is 11.3. The molecule has 0 amide bonds. The van der Waals surface area contributed by atoms with Crippen LogP contribution in [0, 0.1) is 6.92 Å². The van der Waals surface area contributed by atoms with Crippen LogP contribution in [0.4, 0.5) is 0 Å². The molecule has 0 saturated carbocycles. The van der Waals surface area contributed by atoms with Crippen LogP contribution in [0.2, 0.25) is 0 Å². The molecule has 1 aromatic heterocycles. The van der Waals surface area contributed by atoms with E-state index in [-0.39, 0.29) is 12.0 Å². The summed E-state index contributed by atoms with van der Waals surface area (Å²) < 4.78 is 5.07. The van der Waals surface area contributed by atoms with Gasteiger partial charge in [0.05, 0.1) is 6.42 Å². The molecule has 2 rings (SSSR count). The van der Waals surface area contributed by atoms with Gasteiger partial charge in [0, 0.05) is 10.9 Å². The zero-order valence-corrected chi connectivity index (χ0v) is 8.69. The van der Waals surface area contributed by atoms with Crippen molar-refractivity contribution in [1.82, 2.24) is 0 Å². The maximum atomic E-state index is 11.3. The highest BCUT2D eigenvalue weighted by molar-refractivity contribution is 5.79. The van der Waals surface area contributed by atoms with Crippen molar-refractivity contribution in [3.05, 3.63) is 45.8 Å². The molecule has 0 atom stereocenters. The first-order valence-electron chi connectivity index (χ1n) is 4.81.